The van der Waals surface area contributed by atoms with Gasteiger partial charge in [-0.1, -0.05) is 43.6 Å². The summed E-state index contributed by atoms with van der Waals surface area (Å²) in [5, 5.41) is 11.6. The molecule has 0 saturated carbocycles. The summed E-state index contributed by atoms with van der Waals surface area (Å²) in [7, 11) is -2.77. The van der Waals surface area contributed by atoms with Crippen LogP contribution in [-0.2, 0) is 10.0 Å². The number of methoxy groups -OCH3 is 1. The smallest absolute Gasteiger partial charge is 0.271 e. The third kappa shape index (κ3) is 5.45. The van der Waals surface area contributed by atoms with Gasteiger partial charge in [0.05, 0.1) is 12.0 Å². The fourth-order valence-electron chi connectivity index (χ4n) is 3.10. The summed E-state index contributed by atoms with van der Waals surface area (Å²) >= 11 is 6.35. The van der Waals surface area contributed by atoms with Crippen molar-refractivity contribution in [2.45, 2.75) is 24.8 Å². The van der Waals surface area contributed by atoms with E-state index in [4.69, 9.17) is 16.3 Å². The van der Waals surface area contributed by atoms with Crippen molar-refractivity contribution < 1.29 is 18.1 Å². The van der Waals surface area contributed by atoms with Crippen molar-refractivity contribution >= 4 is 27.3 Å². The molecule has 0 spiro atoms. The number of non-ortho nitro benzene ring substituents is 1. The van der Waals surface area contributed by atoms with Gasteiger partial charge in [-0.2, -0.15) is 0 Å². The summed E-state index contributed by atoms with van der Waals surface area (Å²) in [5.74, 6) is 0.0280. The zero-order valence-corrected chi connectivity index (χ0v) is 18.0. The minimum absolute atomic E-state index is 0.0280. The Balaban J connectivity index is 2.39. The molecule has 0 aromatic heterocycles. The molecule has 8 nitrogen and oxygen atoms in total. The molecule has 10 heteroatoms. The maximum Gasteiger partial charge on any atom is 0.271 e. The number of nitro groups is 1. The molecule has 2 aromatic carbocycles. The van der Waals surface area contributed by atoms with Crippen LogP contribution < -0.4 is 9.46 Å². The molecule has 0 heterocycles. The Morgan fingerprint density at radius 3 is 2.41 bits per heavy atom. The highest BCUT2D eigenvalue weighted by molar-refractivity contribution is 7.89. The van der Waals surface area contributed by atoms with E-state index in [0.717, 1.165) is 11.6 Å². The highest BCUT2D eigenvalue weighted by Crippen LogP contribution is 2.30. The average Bonchev–Trinajstić information content (AvgIpc) is 2.71. The van der Waals surface area contributed by atoms with Crippen LogP contribution >= 0.6 is 11.6 Å². The molecule has 0 fully saturated rings. The molecule has 1 N–H and O–H groups in total. The molecule has 0 aliphatic carbocycles. The SMILES string of the molecule is CCN(CC)C(CNS(=O)(=O)c1cc([N+](=O)[O-])ccc1OC)c1ccccc1Cl. The fraction of sp³-hybridized carbons (Fsp3) is 0.368. The first-order valence-electron chi connectivity index (χ1n) is 9.05. The first-order chi connectivity index (χ1) is 13.7. The number of nitro benzene ring substituents is 1. The topological polar surface area (TPSA) is 102 Å². The van der Waals surface area contributed by atoms with Crippen molar-refractivity contribution in [2.75, 3.05) is 26.7 Å². The first-order valence-corrected chi connectivity index (χ1v) is 10.9. The monoisotopic (exact) mass is 441 g/mol. The minimum Gasteiger partial charge on any atom is -0.495 e. The Morgan fingerprint density at radius 2 is 1.86 bits per heavy atom. The van der Waals surface area contributed by atoms with Crippen LogP contribution in [0, 0.1) is 10.1 Å². The van der Waals surface area contributed by atoms with Crippen molar-refractivity contribution in [1.82, 2.24) is 9.62 Å². The summed E-state index contributed by atoms with van der Waals surface area (Å²) < 4.78 is 33.5. The van der Waals surface area contributed by atoms with Gasteiger partial charge in [-0.05, 0) is 30.8 Å². The Bertz CT molecular complexity index is 964. The molecule has 0 aliphatic rings. The second-order valence-electron chi connectivity index (χ2n) is 6.20. The lowest BCUT2D eigenvalue weighted by Gasteiger charge is -2.31. The van der Waals surface area contributed by atoms with Crippen LogP contribution in [0.5, 0.6) is 5.75 Å². The molecular formula is C19H24ClN3O5S. The molecule has 0 radical (unpaired) electrons. The van der Waals surface area contributed by atoms with Crippen molar-refractivity contribution in [2.24, 2.45) is 0 Å². The number of sulfonamides is 1. The molecule has 0 saturated heterocycles. The number of nitrogens with zero attached hydrogens (tertiary/aromatic N) is 2. The van der Waals surface area contributed by atoms with E-state index in [1.54, 1.807) is 6.07 Å². The van der Waals surface area contributed by atoms with Crippen LogP contribution in [0.1, 0.15) is 25.5 Å². The third-order valence-corrected chi connectivity index (χ3v) is 6.42. The van der Waals surface area contributed by atoms with E-state index in [1.807, 2.05) is 32.0 Å². The predicted molar refractivity (Wildman–Crippen MR) is 112 cm³/mol. The van der Waals surface area contributed by atoms with Crippen LogP contribution in [-0.4, -0.2) is 45.0 Å². The number of hydrogen-bond acceptors (Lipinski definition) is 6. The lowest BCUT2D eigenvalue weighted by molar-refractivity contribution is -0.385. The molecule has 0 bridgehead atoms. The Kier molecular flexibility index (Phi) is 7.97. The average molecular weight is 442 g/mol. The van der Waals surface area contributed by atoms with Crippen LogP contribution in [0.25, 0.3) is 0 Å². The molecule has 0 aliphatic heterocycles. The van der Waals surface area contributed by atoms with E-state index in [1.165, 1.54) is 19.2 Å². The van der Waals surface area contributed by atoms with Gasteiger partial charge >= 0.3 is 0 Å². The maximum absolute atomic E-state index is 12.9. The largest absolute Gasteiger partial charge is 0.495 e. The van der Waals surface area contributed by atoms with Crippen LogP contribution in [0.15, 0.2) is 47.4 Å². The van der Waals surface area contributed by atoms with Gasteiger partial charge in [0.1, 0.15) is 10.6 Å². The summed E-state index contributed by atoms with van der Waals surface area (Å²) in [5.41, 5.74) is 0.462. The second kappa shape index (κ2) is 10.0. The lowest BCUT2D eigenvalue weighted by atomic mass is 10.1. The van der Waals surface area contributed by atoms with E-state index < -0.39 is 14.9 Å². The summed E-state index contributed by atoms with van der Waals surface area (Å²) in [6.45, 7) is 5.37. The number of rotatable bonds is 10. The standard InChI is InChI=1S/C19H24ClN3O5S/c1-4-22(5-2)17(15-8-6-7-9-16(15)20)13-21-29(26,27)19-12-14(23(24)25)10-11-18(19)28-3/h6-12,17,21H,4-5,13H2,1-3H3. The van der Waals surface area contributed by atoms with Gasteiger partial charge < -0.3 is 4.74 Å². The number of benzene rings is 2. The Morgan fingerprint density at radius 1 is 1.21 bits per heavy atom. The highest BCUT2D eigenvalue weighted by atomic mass is 35.5. The zero-order chi connectivity index (χ0) is 21.6. The molecule has 2 aromatic rings. The van der Waals surface area contributed by atoms with Gasteiger partial charge in [0.2, 0.25) is 10.0 Å². The van der Waals surface area contributed by atoms with Crippen LogP contribution in [0.4, 0.5) is 5.69 Å². The summed E-state index contributed by atoms with van der Waals surface area (Å²) in [6, 6.07) is 10.4. The van der Waals surface area contributed by atoms with Crippen molar-refractivity contribution in [3.05, 3.63) is 63.2 Å². The lowest BCUT2D eigenvalue weighted by Crippen LogP contribution is -2.38. The van der Waals surface area contributed by atoms with E-state index in [2.05, 4.69) is 9.62 Å². The van der Waals surface area contributed by atoms with Crippen molar-refractivity contribution in [3.8, 4) is 5.75 Å². The molecule has 2 rings (SSSR count). The molecule has 1 atom stereocenters. The van der Waals surface area contributed by atoms with Crippen LogP contribution in [0.3, 0.4) is 0 Å². The van der Waals surface area contributed by atoms with Crippen LogP contribution in [0.2, 0.25) is 5.02 Å². The van der Waals surface area contributed by atoms with Crippen molar-refractivity contribution in [1.29, 1.82) is 0 Å². The maximum atomic E-state index is 12.9. The third-order valence-electron chi connectivity index (χ3n) is 4.63. The van der Waals surface area contributed by atoms with E-state index in [9.17, 15) is 18.5 Å². The summed E-state index contributed by atoms with van der Waals surface area (Å²) in [4.78, 5) is 12.2. The van der Waals surface area contributed by atoms with Gasteiger partial charge in [0.15, 0.2) is 0 Å². The van der Waals surface area contributed by atoms with Gasteiger partial charge in [-0.15, -0.1) is 0 Å². The molecule has 1 unspecified atom stereocenters. The van der Waals surface area contributed by atoms with E-state index >= 15 is 0 Å². The Hall–Kier alpha value is -2.20. The van der Waals surface area contributed by atoms with Crippen molar-refractivity contribution in [3.63, 3.8) is 0 Å². The number of ether oxygens (including phenoxy) is 1. The van der Waals surface area contributed by atoms with E-state index in [0.29, 0.717) is 18.1 Å². The Labute approximate surface area is 175 Å². The molecule has 29 heavy (non-hydrogen) atoms. The minimum atomic E-state index is -4.07. The second-order valence-corrected chi connectivity index (χ2v) is 8.35. The molecular weight excluding hydrogens is 418 g/mol. The quantitative estimate of drug-likeness (QED) is 0.446. The number of halogens is 1. The fourth-order valence-corrected chi connectivity index (χ4v) is 4.59. The summed E-state index contributed by atoms with van der Waals surface area (Å²) in [6.07, 6.45) is 0. The zero-order valence-electron chi connectivity index (χ0n) is 16.5. The molecule has 0 amide bonds. The van der Waals surface area contributed by atoms with E-state index in [-0.39, 0.29) is 28.9 Å². The van der Waals surface area contributed by atoms with Gasteiger partial charge in [-0.25, -0.2) is 13.1 Å². The number of hydrogen-bond donors (Lipinski definition) is 1. The van der Waals surface area contributed by atoms with Gasteiger partial charge in [0, 0.05) is 29.7 Å². The predicted octanol–water partition coefficient (Wildman–Crippen LogP) is 3.62. The number of likely N-dealkylation sites (N-methyl/N-ethyl adjacent to an activating group) is 1. The van der Waals surface area contributed by atoms with Gasteiger partial charge in [0.25, 0.3) is 5.69 Å². The first kappa shape index (κ1) is 23.1. The number of nitrogens with one attached hydrogen (secondary N) is 1. The normalized spacial score (nSPS) is 12.7. The molecule has 158 valence electrons. The van der Waals surface area contributed by atoms with Gasteiger partial charge in [-0.3, -0.25) is 15.0 Å². The highest BCUT2D eigenvalue weighted by Gasteiger charge is 2.27.